The molecule has 1 aromatic carbocycles. The fourth-order valence-corrected chi connectivity index (χ4v) is 2.59. The summed E-state index contributed by atoms with van der Waals surface area (Å²) < 4.78 is 5.46. The van der Waals surface area contributed by atoms with Gasteiger partial charge in [0, 0.05) is 19.3 Å². The van der Waals surface area contributed by atoms with Gasteiger partial charge in [-0.05, 0) is 38.0 Å². The summed E-state index contributed by atoms with van der Waals surface area (Å²) in [6.07, 6.45) is 0.811. The second-order valence-corrected chi connectivity index (χ2v) is 5.26. The monoisotopic (exact) mass is 292 g/mol. The van der Waals surface area contributed by atoms with Crippen LogP contribution in [0.4, 0.5) is 10.5 Å². The normalized spacial score (nSPS) is 21.1. The van der Waals surface area contributed by atoms with Crippen molar-refractivity contribution in [1.82, 2.24) is 4.90 Å². The minimum atomic E-state index is -1.00. The van der Waals surface area contributed by atoms with Gasteiger partial charge in [-0.25, -0.2) is 9.59 Å². The maximum Gasteiger partial charge on any atom is 0.336 e. The van der Waals surface area contributed by atoms with E-state index in [2.05, 4.69) is 5.32 Å². The first-order valence-corrected chi connectivity index (χ1v) is 6.90. The van der Waals surface area contributed by atoms with E-state index in [0.29, 0.717) is 17.9 Å². The Morgan fingerprint density at radius 3 is 2.71 bits per heavy atom. The third-order valence-electron chi connectivity index (χ3n) is 3.96. The van der Waals surface area contributed by atoms with Crippen molar-refractivity contribution >= 4 is 17.7 Å². The van der Waals surface area contributed by atoms with E-state index in [1.54, 1.807) is 31.0 Å². The van der Waals surface area contributed by atoms with E-state index >= 15 is 0 Å². The average Bonchev–Trinajstić information content (AvgIpc) is 2.86. The first-order valence-electron chi connectivity index (χ1n) is 6.90. The fraction of sp³-hybridized carbons (Fsp3) is 0.467. The van der Waals surface area contributed by atoms with Gasteiger partial charge in [0.15, 0.2) is 0 Å². The minimum absolute atomic E-state index is 0.00667. The molecular weight excluding hydrogens is 272 g/mol. The van der Waals surface area contributed by atoms with Crippen LogP contribution in [-0.2, 0) is 4.74 Å². The molecule has 0 aliphatic carbocycles. The van der Waals surface area contributed by atoms with Crippen LogP contribution >= 0.6 is 0 Å². The van der Waals surface area contributed by atoms with Gasteiger partial charge in [0.2, 0.25) is 0 Å². The van der Waals surface area contributed by atoms with Crippen molar-refractivity contribution in [2.24, 2.45) is 0 Å². The van der Waals surface area contributed by atoms with Gasteiger partial charge >= 0.3 is 12.0 Å². The number of carbonyl (C=O) groups is 2. The third-order valence-corrected chi connectivity index (χ3v) is 3.96. The summed E-state index contributed by atoms with van der Waals surface area (Å²) in [6.45, 7) is 4.27. The van der Waals surface area contributed by atoms with Gasteiger partial charge in [0.1, 0.15) is 0 Å². The molecule has 1 saturated heterocycles. The number of hydrogen-bond acceptors (Lipinski definition) is 3. The van der Waals surface area contributed by atoms with Gasteiger partial charge < -0.3 is 20.1 Å². The highest BCUT2D eigenvalue weighted by molar-refractivity contribution is 5.95. The van der Waals surface area contributed by atoms with Crippen LogP contribution in [0, 0.1) is 6.92 Å². The van der Waals surface area contributed by atoms with Crippen molar-refractivity contribution in [1.29, 1.82) is 0 Å². The van der Waals surface area contributed by atoms with E-state index in [1.165, 1.54) is 6.07 Å². The molecule has 2 rings (SSSR count). The standard InChI is InChI=1S/C15H20N2O4/c1-9-11(14(18)19)5-4-6-12(9)16-15(20)17(3)13-7-8-21-10(13)2/h4-6,10,13H,7-8H2,1-3H3,(H,16,20)(H,18,19). The van der Waals surface area contributed by atoms with Gasteiger partial charge in [-0.15, -0.1) is 0 Å². The van der Waals surface area contributed by atoms with Gasteiger partial charge in [-0.3, -0.25) is 0 Å². The number of urea groups is 1. The van der Waals surface area contributed by atoms with E-state index in [9.17, 15) is 9.59 Å². The molecule has 0 bridgehead atoms. The first kappa shape index (κ1) is 15.3. The van der Waals surface area contributed by atoms with Crippen LogP contribution in [0.1, 0.15) is 29.3 Å². The number of likely N-dealkylation sites (N-methyl/N-ethyl adjacent to an activating group) is 1. The number of nitrogens with zero attached hydrogens (tertiary/aromatic N) is 1. The Bertz CT molecular complexity index is 559. The first-order chi connectivity index (χ1) is 9.91. The largest absolute Gasteiger partial charge is 0.478 e. The molecule has 2 atom stereocenters. The Hall–Kier alpha value is -2.08. The number of nitrogens with one attached hydrogen (secondary N) is 1. The SMILES string of the molecule is Cc1c(NC(=O)N(C)C2CCOC2C)cccc1C(=O)O. The van der Waals surface area contributed by atoms with E-state index < -0.39 is 5.97 Å². The van der Waals surface area contributed by atoms with E-state index in [-0.39, 0.29) is 23.7 Å². The molecule has 0 spiro atoms. The summed E-state index contributed by atoms with van der Waals surface area (Å²) in [7, 11) is 1.72. The van der Waals surface area contributed by atoms with Crippen LogP contribution in [0.25, 0.3) is 0 Å². The Balaban J connectivity index is 2.12. The lowest BCUT2D eigenvalue weighted by molar-refractivity contribution is 0.0696. The average molecular weight is 292 g/mol. The lowest BCUT2D eigenvalue weighted by Crippen LogP contribution is -2.43. The number of ether oxygens (including phenoxy) is 1. The molecule has 0 saturated carbocycles. The van der Waals surface area contributed by atoms with Crippen molar-refractivity contribution in [3.63, 3.8) is 0 Å². The molecule has 1 aliphatic heterocycles. The molecular formula is C15H20N2O4. The Kier molecular flexibility index (Phi) is 4.47. The molecule has 1 aliphatic rings. The van der Waals surface area contributed by atoms with E-state index in [0.717, 1.165) is 6.42 Å². The molecule has 1 aromatic rings. The molecule has 2 unspecified atom stereocenters. The van der Waals surface area contributed by atoms with E-state index in [4.69, 9.17) is 9.84 Å². The summed E-state index contributed by atoms with van der Waals surface area (Å²) in [5.74, 6) is -1.00. The highest BCUT2D eigenvalue weighted by atomic mass is 16.5. The quantitative estimate of drug-likeness (QED) is 0.896. The number of rotatable bonds is 3. The highest BCUT2D eigenvalue weighted by Gasteiger charge is 2.30. The molecule has 1 heterocycles. The van der Waals surface area contributed by atoms with Gasteiger partial charge in [-0.2, -0.15) is 0 Å². The summed E-state index contributed by atoms with van der Waals surface area (Å²) in [6, 6.07) is 4.61. The van der Waals surface area contributed by atoms with Crippen LogP contribution in [0.2, 0.25) is 0 Å². The number of carboxylic acids is 1. The zero-order valence-electron chi connectivity index (χ0n) is 12.4. The van der Waals surface area contributed by atoms with Crippen molar-refractivity contribution in [3.05, 3.63) is 29.3 Å². The van der Waals surface area contributed by atoms with Gasteiger partial charge in [0.25, 0.3) is 0 Å². The predicted octanol–water partition coefficient (Wildman–Crippen LogP) is 2.33. The molecule has 1 fully saturated rings. The molecule has 2 N–H and O–H groups in total. The van der Waals surface area contributed by atoms with Gasteiger partial charge in [0.05, 0.1) is 17.7 Å². The smallest absolute Gasteiger partial charge is 0.336 e. The minimum Gasteiger partial charge on any atom is -0.478 e. The Morgan fingerprint density at radius 2 is 2.14 bits per heavy atom. The Labute approximate surface area is 123 Å². The summed E-state index contributed by atoms with van der Waals surface area (Å²) in [5.41, 5.74) is 1.24. The zero-order valence-corrected chi connectivity index (χ0v) is 12.4. The maximum absolute atomic E-state index is 12.3. The van der Waals surface area contributed by atoms with Crippen molar-refractivity contribution in [2.75, 3.05) is 19.0 Å². The third kappa shape index (κ3) is 3.16. The molecule has 0 radical (unpaired) electrons. The van der Waals surface area contributed by atoms with Crippen LogP contribution in [0.3, 0.4) is 0 Å². The number of aromatic carboxylic acids is 1. The van der Waals surface area contributed by atoms with Crippen LogP contribution in [0.5, 0.6) is 0 Å². The number of hydrogen-bond donors (Lipinski definition) is 2. The fourth-order valence-electron chi connectivity index (χ4n) is 2.59. The number of amides is 2. The molecule has 6 nitrogen and oxygen atoms in total. The van der Waals surface area contributed by atoms with Crippen LogP contribution in [0.15, 0.2) is 18.2 Å². The predicted molar refractivity (Wildman–Crippen MR) is 78.7 cm³/mol. The van der Waals surface area contributed by atoms with Crippen LogP contribution < -0.4 is 5.32 Å². The maximum atomic E-state index is 12.3. The van der Waals surface area contributed by atoms with Crippen molar-refractivity contribution in [2.45, 2.75) is 32.4 Å². The second-order valence-electron chi connectivity index (χ2n) is 5.26. The topological polar surface area (TPSA) is 78.9 Å². The molecule has 6 heteroatoms. The number of carboxylic acid groups (broad SMARTS) is 1. The number of benzene rings is 1. The molecule has 0 aromatic heterocycles. The molecule has 21 heavy (non-hydrogen) atoms. The van der Waals surface area contributed by atoms with E-state index in [1.807, 2.05) is 6.92 Å². The number of carbonyl (C=O) groups excluding carboxylic acids is 1. The highest BCUT2D eigenvalue weighted by Crippen LogP contribution is 2.22. The zero-order chi connectivity index (χ0) is 15.6. The van der Waals surface area contributed by atoms with Crippen molar-refractivity contribution in [3.8, 4) is 0 Å². The second kappa shape index (κ2) is 6.13. The van der Waals surface area contributed by atoms with Gasteiger partial charge in [-0.1, -0.05) is 6.07 Å². The summed E-state index contributed by atoms with van der Waals surface area (Å²) in [4.78, 5) is 25.0. The lowest BCUT2D eigenvalue weighted by atomic mass is 10.1. The summed E-state index contributed by atoms with van der Waals surface area (Å²) >= 11 is 0. The number of anilines is 1. The van der Waals surface area contributed by atoms with Crippen LogP contribution in [-0.4, -0.2) is 47.8 Å². The summed E-state index contributed by atoms with van der Waals surface area (Å²) in [5, 5.41) is 11.9. The van der Waals surface area contributed by atoms with Crippen molar-refractivity contribution < 1.29 is 19.4 Å². The Morgan fingerprint density at radius 1 is 1.43 bits per heavy atom. The molecule has 114 valence electrons. The molecule has 2 amide bonds. The lowest BCUT2D eigenvalue weighted by Gasteiger charge is -2.27.